The van der Waals surface area contributed by atoms with Gasteiger partial charge in [-0.1, -0.05) is 25.5 Å². The van der Waals surface area contributed by atoms with Crippen LogP contribution in [0.5, 0.6) is 0 Å². The van der Waals surface area contributed by atoms with Gasteiger partial charge in [-0.15, -0.1) is 0 Å². The Morgan fingerprint density at radius 2 is 2.04 bits per heavy atom. The molecule has 1 atom stereocenters. The first kappa shape index (κ1) is 19.5. The summed E-state index contributed by atoms with van der Waals surface area (Å²) in [5.41, 5.74) is 2.25. The van der Waals surface area contributed by atoms with Gasteiger partial charge >= 0.3 is 0 Å². The Balaban J connectivity index is 1.84. The fourth-order valence-corrected chi connectivity index (χ4v) is 3.08. The molecular formula is C21H26N6O. The van der Waals surface area contributed by atoms with Gasteiger partial charge in [0.05, 0.1) is 11.7 Å². The molecule has 0 aliphatic rings. The van der Waals surface area contributed by atoms with Crippen LogP contribution in [-0.4, -0.2) is 39.5 Å². The Bertz CT molecular complexity index is 949. The first-order valence-electron chi connectivity index (χ1n) is 9.37. The highest BCUT2D eigenvalue weighted by Crippen LogP contribution is 2.22. The molecule has 3 rings (SSSR count). The fraction of sp³-hybridized carbons (Fsp3) is 0.333. The summed E-state index contributed by atoms with van der Waals surface area (Å²) in [6.45, 7) is 2.10. The van der Waals surface area contributed by atoms with Crippen LogP contribution >= 0.6 is 0 Å². The summed E-state index contributed by atoms with van der Waals surface area (Å²) in [7, 11) is 5.80. The van der Waals surface area contributed by atoms with Crippen molar-refractivity contribution in [3.63, 3.8) is 0 Å². The highest BCUT2D eigenvalue weighted by molar-refractivity contribution is 5.95. The van der Waals surface area contributed by atoms with Crippen LogP contribution in [0.25, 0.3) is 11.3 Å². The van der Waals surface area contributed by atoms with Crippen LogP contribution in [-0.2, 0) is 7.05 Å². The molecule has 1 amide bonds. The van der Waals surface area contributed by atoms with E-state index in [0.29, 0.717) is 5.56 Å². The van der Waals surface area contributed by atoms with E-state index in [4.69, 9.17) is 0 Å². The monoisotopic (exact) mass is 378 g/mol. The molecule has 0 aliphatic carbocycles. The average Bonchev–Trinajstić information content (AvgIpc) is 3.13. The SMILES string of the molecule is CCCC(NC(=O)c1cccc(-c2cc(N(C)C)ncn2)c1)c1nccn1C. The number of rotatable bonds is 7. The topological polar surface area (TPSA) is 75.9 Å². The van der Waals surface area contributed by atoms with Crippen LogP contribution in [0.3, 0.4) is 0 Å². The molecule has 0 radical (unpaired) electrons. The normalized spacial score (nSPS) is 11.9. The zero-order valence-electron chi connectivity index (χ0n) is 16.8. The Labute approximate surface area is 165 Å². The first-order chi connectivity index (χ1) is 13.5. The molecule has 0 saturated carbocycles. The van der Waals surface area contributed by atoms with E-state index in [0.717, 1.165) is 35.7 Å². The number of imidazole rings is 1. The third kappa shape index (κ3) is 4.36. The lowest BCUT2D eigenvalue weighted by molar-refractivity contribution is 0.0932. The number of hydrogen-bond acceptors (Lipinski definition) is 5. The van der Waals surface area contributed by atoms with Crippen LogP contribution < -0.4 is 10.2 Å². The molecular weight excluding hydrogens is 352 g/mol. The molecule has 7 heteroatoms. The predicted octanol–water partition coefficient (Wildman–Crippen LogP) is 3.21. The van der Waals surface area contributed by atoms with E-state index in [1.165, 1.54) is 6.33 Å². The van der Waals surface area contributed by atoms with Gasteiger partial charge in [0, 0.05) is 50.7 Å². The molecule has 146 valence electrons. The molecule has 1 aromatic carbocycles. The van der Waals surface area contributed by atoms with E-state index in [2.05, 4.69) is 27.2 Å². The van der Waals surface area contributed by atoms with Crippen molar-refractivity contribution in [1.82, 2.24) is 24.8 Å². The minimum atomic E-state index is -0.124. The molecule has 7 nitrogen and oxygen atoms in total. The first-order valence-corrected chi connectivity index (χ1v) is 9.37. The molecule has 0 aliphatic heterocycles. The largest absolute Gasteiger partial charge is 0.363 e. The standard InChI is InChI=1S/C21H26N6O/c1-5-7-17(20-22-10-11-27(20)4)25-21(28)16-9-6-8-15(12-16)18-13-19(26(2)3)24-14-23-18/h6,8-14,17H,5,7H2,1-4H3,(H,25,28). The highest BCUT2D eigenvalue weighted by atomic mass is 16.1. The second-order valence-electron chi connectivity index (χ2n) is 6.95. The van der Waals surface area contributed by atoms with Gasteiger partial charge in [-0.25, -0.2) is 15.0 Å². The Morgan fingerprint density at radius 1 is 1.21 bits per heavy atom. The molecule has 0 fully saturated rings. The van der Waals surface area contributed by atoms with Crippen molar-refractivity contribution in [2.75, 3.05) is 19.0 Å². The van der Waals surface area contributed by atoms with Gasteiger partial charge in [-0.05, 0) is 18.6 Å². The molecule has 1 unspecified atom stereocenters. The van der Waals surface area contributed by atoms with Crippen molar-refractivity contribution in [2.45, 2.75) is 25.8 Å². The van der Waals surface area contributed by atoms with Gasteiger partial charge in [-0.2, -0.15) is 0 Å². The van der Waals surface area contributed by atoms with Gasteiger partial charge in [0.2, 0.25) is 0 Å². The van der Waals surface area contributed by atoms with Crippen LogP contribution in [0, 0.1) is 0 Å². The van der Waals surface area contributed by atoms with E-state index < -0.39 is 0 Å². The smallest absolute Gasteiger partial charge is 0.251 e. The second kappa shape index (κ2) is 8.65. The number of carbonyl (C=O) groups is 1. The van der Waals surface area contributed by atoms with E-state index in [-0.39, 0.29) is 11.9 Å². The number of amides is 1. The minimum absolute atomic E-state index is 0.120. The Kier molecular flexibility index (Phi) is 6.03. The molecule has 0 saturated heterocycles. The molecule has 28 heavy (non-hydrogen) atoms. The van der Waals surface area contributed by atoms with E-state index in [1.807, 2.05) is 67.1 Å². The zero-order valence-corrected chi connectivity index (χ0v) is 16.8. The summed E-state index contributed by atoms with van der Waals surface area (Å²) in [5.74, 6) is 1.56. The Morgan fingerprint density at radius 3 is 2.71 bits per heavy atom. The van der Waals surface area contributed by atoms with Crippen LogP contribution in [0.1, 0.15) is 42.0 Å². The molecule has 3 aromatic rings. The van der Waals surface area contributed by atoms with Crippen LogP contribution in [0.4, 0.5) is 5.82 Å². The minimum Gasteiger partial charge on any atom is -0.363 e. The number of aryl methyl sites for hydroxylation is 1. The number of aromatic nitrogens is 4. The summed E-state index contributed by atoms with van der Waals surface area (Å²) in [4.78, 5) is 27.8. The van der Waals surface area contributed by atoms with E-state index in [9.17, 15) is 4.79 Å². The number of hydrogen-bond donors (Lipinski definition) is 1. The van der Waals surface area contributed by atoms with Gasteiger partial charge < -0.3 is 14.8 Å². The lowest BCUT2D eigenvalue weighted by atomic mass is 10.1. The zero-order chi connectivity index (χ0) is 20.1. The summed E-state index contributed by atoms with van der Waals surface area (Å²) in [6.07, 6.45) is 6.96. The van der Waals surface area contributed by atoms with Crippen molar-refractivity contribution in [3.05, 3.63) is 60.4 Å². The van der Waals surface area contributed by atoms with Crippen molar-refractivity contribution in [1.29, 1.82) is 0 Å². The van der Waals surface area contributed by atoms with Crippen molar-refractivity contribution >= 4 is 11.7 Å². The van der Waals surface area contributed by atoms with Crippen molar-refractivity contribution in [3.8, 4) is 11.3 Å². The summed E-state index contributed by atoms with van der Waals surface area (Å²) in [6, 6.07) is 9.27. The predicted molar refractivity (Wildman–Crippen MR) is 110 cm³/mol. The van der Waals surface area contributed by atoms with E-state index >= 15 is 0 Å². The summed E-state index contributed by atoms with van der Waals surface area (Å²) >= 11 is 0. The fourth-order valence-electron chi connectivity index (χ4n) is 3.08. The van der Waals surface area contributed by atoms with Crippen molar-refractivity contribution in [2.24, 2.45) is 7.05 Å². The number of anilines is 1. The maximum absolute atomic E-state index is 12.9. The molecule has 0 bridgehead atoms. The second-order valence-corrected chi connectivity index (χ2v) is 6.95. The lowest BCUT2D eigenvalue weighted by Crippen LogP contribution is -2.30. The van der Waals surface area contributed by atoms with Gasteiger partial charge in [0.1, 0.15) is 18.0 Å². The van der Waals surface area contributed by atoms with Crippen LogP contribution in [0.15, 0.2) is 49.1 Å². The van der Waals surface area contributed by atoms with Crippen molar-refractivity contribution < 1.29 is 4.79 Å². The third-order valence-corrected chi connectivity index (χ3v) is 4.58. The number of benzene rings is 1. The molecule has 2 aromatic heterocycles. The number of nitrogens with one attached hydrogen (secondary N) is 1. The molecule has 0 spiro atoms. The third-order valence-electron chi connectivity index (χ3n) is 4.58. The van der Waals surface area contributed by atoms with Gasteiger partial charge in [0.15, 0.2) is 0 Å². The van der Waals surface area contributed by atoms with E-state index in [1.54, 1.807) is 6.20 Å². The molecule has 2 heterocycles. The van der Waals surface area contributed by atoms with Crippen LogP contribution in [0.2, 0.25) is 0 Å². The number of nitrogens with zero attached hydrogens (tertiary/aromatic N) is 5. The lowest BCUT2D eigenvalue weighted by Gasteiger charge is -2.18. The maximum atomic E-state index is 12.9. The summed E-state index contributed by atoms with van der Waals surface area (Å²) < 4.78 is 1.95. The van der Waals surface area contributed by atoms with Gasteiger partial charge in [-0.3, -0.25) is 4.79 Å². The quantitative estimate of drug-likeness (QED) is 0.683. The summed E-state index contributed by atoms with van der Waals surface area (Å²) in [5, 5.41) is 3.12. The molecule has 1 N–H and O–H groups in total. The Hall–Kier alpha value is -3.22. The number of carbonyl (C=O) groups excluding carboxylic acids is 1. The maximum Gasteiger partial charge on any atom is 0.251 e. The van der Waals surface area contributed by atoms with Gasteiger partial charge in [0.25, 0.3) is 5.91 Å². The highest BCUT2D eigenvalue weighted by Gasteiger charge is 2.19. The average molecular weight is 378 g/mol.